The molecule has 0 aromatic heterocycles. The van der Waals surface area contributed by atoms with Crippen LogP contribution in [-0.2, 0) is 4.74 Å². The minimum Gasteiger partial charge on any atom is -0.381 e. The maximum atomic E-state index is 5.48. The average Bonchev–Trinajstić information content (AvgIpc) is 2.02. The van der Waals surface area contributed by atoms with Crippen LogP contribution in [0.5, 0.6) is 0 Å². The van der Waals surface area contributed by atoms with E-state index in [1.807, 2.05) is 0 Å². The van der Waals surface area contributed by atoms with Gasteiger partial charge in [0.2, 0.25) is 0 Å². The molecule has 0 aliphatic heterocycles. The van der Waals surface area contributed by atoms with Crippen molar-refractivity contribution >= 4 is 15.9 Å². The zero-order valence-electron chi connectivity index (χ0n) is 8.31. The summed E-state index contributed by atoms with van der Waals surface area (Å²) in [6.45, 7) is 6.34. The van der Waals surface area contributed by atoms with E-state index in [-0.39, 0.29) is 0 Å². The normalized spacial score (nSPS) is 11.0. The second kappa shape index (κ2) is 9.53. The van der Waals surface area contributed by atoms with E-state index in [9.17, 15) is 0 Å². The van der Waals surface area contributed by atoms with Crippen LogP contribution in [0.1, 0.15) is 39.5 Å². The van der Waals surface area contributed by atoms with E-state index in [1.165, 1.54) is 25.7 Å². The second-order valence-electron chi connectivity index (χ2n) is 3.54. The average molecular weight is 237 g/mol. The number of ether oxygens (including phenoxy) is 1. The van der Waals surface area contributed by atoms with Gasteiger partial charge in [0.05, 0.1) is 0 Å². The lowest BCUT2D eigenvalue weighted by molar-refractivity contribution is 0.120. The summed E-state index contributed by atoms with van der Waals surface area (Å²) in [6.07, 6.45) is 4.96. The van der Waals surface area contributed by atoms with Crippen molar-refractivity contribution in [3.05, 3.63) is 0 Å². The highest BCUT2D eigenvalue weighted by Gasteiger charge is 1.93. The molecule has 0 fully saturated rings. The van der Waals surface area contributed by atoms with Gasteiger partial charge in [0, 0.05) is 18.5 Å². The van der Waals surface area contributed by atoms with E-state index in [0.29, 0.717) is 0 Å². The van der Waals surface area contributed by atoms with Crippen LogP contribution in [0, 0.1) is 5.92 Å². The van der Waals surface area contributed by atoms with Crippen molar-refractivity contribution in [1.82, 2.24) is 0 Å². The summed E-state index contributed by atoms with van der Waals surface area (Å²) < 4.78 is 5.48. The third-order valence-electron chi connectivity index (χ3n) is 1.76. The molecule has 0 unspecified atom stereocenters. The standard InChI is InChI=1S/C10H21BrO/c1-10(2)6-9-12-8-5-3-4-7-11/h10H,3-9H2,1-2H3. The van der Waals surface area contributed by atoms with Gasteiger partial charge in [-0.2, -0.15) is 0 Å². The lowest BCUT2D eigenvalue weighted by Crippen LogP contribution is -2.00. The molecular formula is C10H21BrO. The second-order valence-corrected chi connectivity index (χ2v) is 4.34. The lowest BCUT2D eigenvalue weighted by atomic mass is 10.1. The third kappa shape index (κ3) is 10.4. The predicted octanol–water partition coefficient (Wildman–Crippen LogP) is 3.61. The Morgan fingerprint density at radius 1 is 1.08 bits per heavy atom. The topological polar surface area (TPSA) is 9.23 Å². The highest BCUT2D eigenvalue weighted by atomic mass is 79.9. The summed E-state index contributed by atoms with van der Waals surface area (Å²) in [5.74, 6) is 0.771. The number of hydrogen-bond acceptors (Lipinski definition) is 1. The predicted molar refractivity (Wildman–Crippen MR) is 57.9 cm³/mol. The Hall–Kier alpha value is 0.440. The molecule has 0 spiro atoms. The molecule has 0 amide bonds. The van der Waals surface area contributed by atoms with Gasteiger partial charge >= 0.3 is 0 Å². The summed E-state index contributed by atoms with van der Waals surface area (Å²) in [5.41, 5.74) is 0. The third-order valence-corrected chi connectivity index (χ3v) is 2.32. The van der Waals surface area contributed by atoms with Crippen LogP contribution >= 0.6 is 15.9 Å². The summed E-state index contributed by atoms with van der Waals surface area (Å²) in [4.78, 5) is 0. The molecule has 1 nitrogen and oxygen atoms in total. The van der Waals surface area contributed by atoms with Gasteiger partial charge in [-0.15, -0.1) is 0 Å². The molecule has 2 heteroatoms. The highest BCUT2D eigenvalue weighted by molar-refractivity contribution is 9.09. The van der Waals surface area contributed by atoms with Gasteiger partial charge in [0.1, 0.15) is 0 Å². The molecule has 0 aliphatic carbocycles. The Balaban J connectivity index is 2.82. The molecule has 74 valence electrons. The van der Waals surface area contributed by atoms with E-state index < -0.39 is 0 Å². The summed E-state index contributed by atoms with van der Waals surface area (Å²) >= 11 is 3.41. The van der Waals surface area contributed by atoms with E-state index in [2.05, 4.69) is 29.8 Å². The fraction of sp³-hybridized carbons (Fsp3) is 1.00. The van der Waals surface area contributed by atoms with Gasteiger partial charge in [0.25, 0.3) is 0 Å². The molecule has 0 atom stereocenters. The Kier molecular flexibility index (Phi) is 9.88. The van der Waals surface area contributed by atoms with E-state index in [0.717, 1.165) is 24.5 Å². The Morgan fingerprint density at radius 2 is 1.83 bits per heavy atom. The molecule has 0 saturated carbocycles. The molecule has 0 saturated heterocycles. The van der Waals surface area contributed by atoms with Crippen LogP contribution in [0.3, 0.4) is 0 Å². The largest absolute Gasteiger partial charge is 0.381 e. The maximum absolute atomic E-state index is 5.48. The van der Waals surface area contributed by atoms with Crippen LogP contribution in [0.2, 0.25) is 0 Å². The van der Waals surface area contributed by atoms with Crippen LogP contribution in [0.4, 0.5) is 0 Å². The van der Waals surface area contributed by atoms with Crippen molar-refractivity contribution in [2.24, 2.45) is 5.92 Å². The van der Waals surface area contributed by atoms with Crippen LogP contribution in [0.15, 0.2) is 0 Å². The Morgan fingerprint density at radius 3 is 2.42 bits per heavy atom. The molecule has 0 aromatic rings. The smallest absolute Gasteiger partial charge is 0.0468 e. The first-order valence-corrected chi connectivity index (χ1v) is 6.03. The summed E-state index contributed by atoms with van der Waals surface area (Å²) in [7, 11) is 0. The van der Waals surface area contributed by atoms with Crippen LogP contribution in [-0.4, -0.2) is 18.5 Å². The van der Waals surface area contributed by atoms with Crippen LogP contribution < -0.4 is 0 Å². The molecule has 0 aliphatic rings. The monoisotopic (exact) mass is 236 g/mol. The Bertz CT molecular complexity index is 83.9. The summed E-state index contributed by atoms with van der Waals surface area (Å²) in [5, 5.41) is 1.12. The molecular weight excluding hydrogens is 216 g/mol. The van der Waals surface area contributed by atoms with E-state index >= 15 is 0 Å². The van der Waals surface area contributed by atoms with Crippen molar-refractivity contribution in [3.63, 3.8) is 0 Å². The number of alkyl halides is 1. The molecule has 0 bridgehead atoms. The van der Waals surface area contributed by atoms with Gasteiger partial charge < -0.3 is 4.74 Å². The quantitative estimate of drug-likeness (QED) is 0.463. The van der Waals surface area contributed by atoms with Gasteiger partial charge in [0.15, 0.2) is 0 Å². The van der Waals surface area contributed by atoms with Gasteiger partial charge in [-0.1, -0.05) is 36.2 Å². The lowest BCUT2D eigenvalue weighted by Gasteiger charge is -2.05. The zero-order valence-corrected chi connectivity index (χ0v) is 9.90. The SMILES string of the molecule is CC(C)CCOCCCCCBr. The number of hydrogen-bond donors (Lipinski definition) is 0. The first kappa shape index (κ1) is 12.4. The molecule has 0 rings (SSSR count). The van der Waals surface area contributed by atoms with Gasteiger partial charge in [-0.05, 0) is 25.2 Å². The van der Waals surface area contributed by atoms with E-state index in [4.69, 9.17) is 4.74 Å². The van der Waals surface area contributed by atoms with Gasteiger partial charge in [-0.25, -0.2) is 0 Å². The van der Waals surface area contributed by atoms with E-state index in [1.54, 1.807) is 0 Å². The maximum Gasteiger partial charge on any atom is 0.0468 e. The van der Waals surface area contributed by atoms with Crippen LogP contribution in [0.25, 0.3) is 0 Å². The van der Waals surface area contributed by atoms with Crippen molar-refractivity contribution in [2.75, 3.05) is 18.5 Å². The van der Waals surface area contributed by atoms with Crippen molar-refractivity contribution in [1.29, 1.82) is 0 Å². The molecule has 0 radical (unpaired) electrons. The fourth-order valence-corrected chi connectivity index (χ4v) is 1.29. The molecule has 0 N–H and O–H groups in total. The first-order chi connectivity index (χ1) is 5.77. The first-order valence-electron chi connectivity index (χ1n) is 4.91. The summed E-state index contributed by atoms with van der Waals surface area (Å²) in [6, 6.07) is 0. The Labute approximate surface area is 85.0 Å². The molecule has 12 heavy (non-hydrogen) atoms. The minimum atomic E-state index is 0.771. The number of unbranched alkanes of at least 4 members (excludes halogenated alkanes) is 2. The highest BCUT2D eigenvalue weighted by Crippen LogP contribution is 2.01. The molecule has 0 heterocycles. The van der Waals surface area contributed by atoms with Crippen molar-refractivity contribution < 1.29 is 4.74 Å². The zero-order chi connectivity index (χ0) is 9.23. The molecule has 0 aromatic carbocycles. The fourth-order valence-electron chi connectivity index (χ4n) is 0.896. The minimum absolute atomic E-state index is 0.771. The number of rotatable bonds is 8. The number of halogens is 1. The van der Waals surface area contributed by atoms with Gasteiger partial charge in [-0.3, -0.25) is 0 Å². The van der Waals surface area contributed by atoms with Crippen molar-refractivity contribution in [2.45, 2.75) is 39.5 Å². The van der Waals surface area contributed by atoms with Crippen molar-refractivity contribution in [3.8, 4) is 0 Å².